The molecule has 0 bridgehead atoms. The lowest BCUT2D eigenvalue weighted by molar-refractivity contribution is 0.745. The summed E-state index contributed by atoms with van der Waals surface area (Å²) in [4.78, 5) is 9.37. The number of hydrogen-bond acceptors (Lipinski definition) is 4. The highest BCUT2D eigenvalue weighted by atomic mass is 15.1. The average Bonchev–Trinajstić information content (AvgIpc) is 3.11. The van der Waals surface area contributed by atoms with Crippen LogP contribution in [-0.2, 0) is 0 Å². The largest absolute Gasteiger partial charge is 0.373 e. The first kappa shape index (κ1) is 11.8. The zero-order chi connectivity index (χ0) is 12.5. The van der Waals surface area contributed by atoms with Gasteiger partial charge in [-0.2, -0.15) is 0 Å². The van der Waals surface area contributed by atoms with Crippen LogP contribution in [0.4, 0.5) is 11.6 Å². The Morgan fingerprint density at radius 1 is 1.00 bits per heavy atom. The van der Waals surface area contributed by atoms with Gasteiger partial charge in [-0.15, -0.1) is 0 Å². The van der Waals surface area contributed by atoms with Crippen molar-refractivity contribution >= 4 is 11.6 Å². The van der Waals surface area contributed by atoms with Gasteiger partial charge in [0.15, 0.2) is 0 Å². The van der Waals surface area contributed by atoms with Gasteiger partial charge in [-0.05, 0) is 32.6 Å². The molecule has 4 heteroatoms. The smallest absolute Gasteiger partial charge is 0.136 e. The summed E-state index contributed by atoms with van der Waals surface area (Å²) in [5.74, 6) is 3.64. The molecule has 2 aliphatic rings. The zero-order valence-corrected chi connectivity index (χ0v) is 11.3. The normalized spacial score (nSPS) is 20.1. The minimum absolute atomic E-state index is 0.599. The minimum Gasteiger partial charge on any atom is -0.373 e. The maximum Gasteiger partial charge on any atom is 0.136 e. The fourth-order valence-corrected chi connectivity index (χ4v) is 2.71. The second kappa shape index (κ2) is 4.75. The second-order valence-electron chi connectivity index (χ2n) is 5.55. The van der Waals surface area contributed by atoms with Crippen molar-refractivity contribution in [1.82, 2.24) is 9.97 Å². The maximum atomic E-state index is 4.74. The van der Waals surface area contributed by atoms with Crippen LogP contribution in [0.2, 0.25) is 0 Å². The summed E-state index contributed by atoms with van der Waals surface area (Å²) in [6.45, 7) is 2.10. The van der Waals surface area contributed by atoms with E-state index in [1.807, 2.05) is 7.05 Å². The summed E-state index contributed by atoms with van der Waals surface area (Å²) in [6.07, 6.45) is 7.73. The first-order valence-corrected chi connectivity index (χ1v) is 7.10. The third-order valence-electron chi connectivity index (χ3n) is 4.04. The van der Waals surface area contributed by atoms with Crippen LogP contribution in [0.15, 0.2) is 0 Å². The molecule has 1 aromatic heterocycles. The van der Waals surface area contributed by atoms with Crippen LogP contribution in [0.1, 0.15) is 55.8 Å². The first-order chi connectivity index (χ1) is 8.78. The van der Waals surface area contributed by atoms with Crippen molar-refractivity contribution in [3.8, 4) is 0 Å². The minimum atomic E-state index is 0.599. The van der Waals surface area contributed by atoms with E-state index in [0.717, 1.165) is 23.0 Å². The van der Waals surface area contributed by atoms with Gasteiger partial charge in [-0.25, -0.2) is 9.97 Å². The number of aromatic nitrogens is 2. The fraction of sp³-hybridized carbons (Fsp3) is 0.714. The molecule has 0 saturated heterocycles. The molecule has 2 saturated carbocycles. The van der Waals surface area contributed by atoms with E-state index in [4.69, 9.17) is 4.98 Å². The van der Waals surface area contributed by atoms with Crippen molar-refractivity contribution in [1.29, 1.82) is 0 Å². The highest BCUT2D eigenvalue weighted by Gasteiger charge is 2.28. The molecule has 0 aromatic carbocycles. The lowest BCUT2D eigenvalue weighted by atomic mass is 10.2. The number of nitrogens with zero attached hydrogens (tertiary/aromatic N) is 2. The van der Waals surface area contributed by atoms with Crippen molar-refractivity contribution in [3.63, 3.8) is 0 Å². The summed E-state index contributed by atoms with van der Waals surface area (Å²) >= 11 is 0. The van der Waals surface area contributed by atoms with Crippen molar-refractivity contribution < 1.29 is 0 Å². The Balaban J connectivity index is 1.87. The average molecular weight is 246 g/mol. The summed E-state index contributed by atoms with van der Waals surface area (Å²) in [5, 5.41) is 6.81. The molecule has 2 N–H and O–H groups in total. The van der Waals surface area contributed by atoms with Gasteiger partial charge in [-0.3, -0.25) is 0 Å². The van der Waals surface area contributed by atoms with E-state index in [0.29, 0.717) is 12.0 Å². The molecule has 0 radical (unpaired) electrons. The first-order valence-electron chi connectivity index (χ1n) is 7.10. The van der Waals surface area contributed by atoms with E-state index in [1.165, 1.54) is 38.5 Å². The molecular formula is C14H22N4. The molecule has 0 aliphatic heterocycles. The lowest BCUT2D eigenvalue weighted by Crippen LogP contribution is -2.18. The molecule has 1 heterocycles. The van der Waals surface area contributed by atoms with Gasteiger partial charge in [0.25, 0.3) is 0 Å². The van der Waals surface area contributed by atoms with Crippen LogP contribution in [0.25, 0.3) is 0 Å². The summed E-state index contributed by atoms with van der Waals surface area (Å²) in [6, 6.07) is 0.607. The highest BCUT2D eigenvalue weighted by Crippen LogP contribution is 2.39. The molecule has 2 fully saturated rings. The van der Waals surface area contributed by atoms with Gasteiger partial charge in [0.1, 0.15) is 17.5 Å². The zero-order valence-electron chi connectivity index (χ0n) is 11.3. The molecule has 4 nitrogen and oxygen atoms in total. The molecule has 0 amide bonds. The fourth-order valence-electron chi connectivity index (χ4n) is 2.71. The molecule has 1 aromatic rings. The Kier molecular flexibility index (Phi) is 3.10. The van der Waals surface area contributed by atoms with Gasteiger partial charge >= 0.3 is 0 Å². The monoisotopic (exact) mass is 246 g/mol. The topological polar surface area (TPSA) is 49.8 Å². The van der Waals surface area contributed by atoms with Crippen molar-refractivity contribution in [2.24, 2.45) is 0 Å². The SMILES string of the molecule is CNc1nc(C2CC2)nc(NC2CCCC2)c1C. The van der Waals surface area contributed by atoms with Crippen LogP contribution in [0, 0.1) is 6.92 Å². The van der Waals surface area contributed by atoms with Crippen LogP contribution >= 0.6 is 0 Å². The number of hydrogen-bond donors (Lipinski definition) is 2. The standard InChI is InChI=1S/C14H22N4/c1-9-12(15-2)17-14(10-7-8-10)18-13(9)16-11-5-3-4-6-11/h10-11H,3-8H2,1-2H3,(H2,15,16,17,18). The molecule has 0 spiro atoms. The molecule has 3 rings (SSSR count). The molecule has 98 valence electrons. The quantitative estimate of drug-likeness (QED) is 0.857. The predicted molar refractivity (Wildman–Crippen MR) is 74.2 cm³/mol. The van der Waals surface area contributed by atoms with Crippen LogP contribution < -0.4 is 10.6 Å². The van der Waals surface area contributed by atoms with Crippen LogP contribution in [-0.4, -0.2) is 23.1 Å². The summed E-state index contributed by atoms with van der Waals surface area (Å²) in [7, 11) is 1.94. The predicted octanol–water partition coefficient (Wildman–Crippen LogP) is 3.06. The Bertz CT molecular complexity index is 434. The lowest BCUT2D eigenvalue weighted by Gasteiger charge is -2.17. The Morgan fingerprint density at radius 3 is 2.28 bits per heavy atom. The molecule has 2 aliphatic carbocycles. The number of rotatable bonds is 4. The van der Waals surface area contributed by atoms with Crippen LogP contribution in [0.5, 0.6) is 0 Å². The van der Waals surface area contributed by atoms with E-state index in [9.17, 15) is 0 Å². The van der Waals surface area contributed by atoms with Crippen molar-refractivity contribution in [2.75, 3.05) is 17.7 Å². The van der Waals surface area contributed by atoms with Gasteiger partial charge < -0.3 is 10.6 Å². The van der Waals surface area contributed by atoms with Gasteiger partial charge in [0.2, 0.25) is 0 Å². The van der Waals surface area contributed by atoms with Crippen molar-refractivity contribution in [2.45, 2.75) is 57.4 Å². The van der Waals surface area contributed by atoms with E-state index in [1.54, 1.807) is 0 Å². The van der Waals surface area contributed by atoms with E-state index in [2.05, 4.69) is 22.5 Å². The van der Waals surface area contributed by atoms with E-state index >= 15 is 0 Å². The highest BCUT2D eigenvalue weighted by molar-refractivity contribution is 5.57. The van der Waals surface area contributed by atoms with Gasteiger partial charge in [-0.1, -0.05) is 12.8 Å². The molecular weight excluding hydrogens is 224 g/mol. The van der Waals surface area contributed by atoms with E-state index in [-0.39, 0.29) is 0 Å². The third-order valence-corrected chi connectivity index (χ3v) is 4.04. The second-order valence-corrected chi connectivity index (χ2v) is 5.55. The summed E-state index contributed by atoms with van der Waals surface area (Å²) < 4.78 is 0. The Hall–Kier alpha value is -1.32. The summed E-state index contributed by atoms with van der Waals surface area (Å²) in [5.41, 5.74) is 1.15. The van der Waals surface area contributed by atoms with Crippen LogP contribution in [0.3, 0.4) is 0 Å². The maximum absolute atomic E-state index is 4.74. The Labute approximate surface area is 109 Å². The molecule has 18 heavy (non-hydrogen) atoms. The van der Waals surface area contributed by atoms with Crippen molar-refractivity contribution in [3.05, 3.63) is 11.4 Å². The van der Waals surface area contributed by atoms with Gasteiger partial charge in [0.05, 0.1) is 0 Å². The third kappa shape index (κ3) is 2.28. The van der Waals surface area contributed by atoms with Gasteiger partial charge in [0, 0.05) is 24.6 Å². The van der Waals surface area contributed by atoms with E-state index < -0.39 is 0 Å². The number of anilines is 2. The Morgan fingerprint density at radius 2 is 1.67 bits per heavy atom. The number of nitrogens with one attached hydrogen (secondary N) is 2. The molecule has 0 unspecified atom stereocenters. The molecule has 0 atom stereocenters.